The Kier molecular flexibility index (Phi) is 5.17. The fourth-order valence-electron chi connectivity index (χ4n) is 1.80. The smallest absolute Gasteiger partial charge is 0.342 e. The summed E-state index contributed by atoms with van der Waals surface area (Å²) < 4.78 is 24.3. The number of rotatable bonds is 5. The highest BCUT2D eigenvalue weighted by molar-refractivity contribution is 6.31. The molecule has 0 saturated carbocycles. The standard InChI is InChI=1S/C16H14ClFO3/c1-2-20-16(19)13-8-12(17)9-14(18)15(13)21-10-11-6-4-3-5-7-11/h3-9H,2,10H2,1H3. The summed E-state index contributed by atoms with van der Waals surface area (Å²) in [5.41, 5.74) is 0.847. The quantitative estimate of drug-likeness (QED) is 0.775. The lowest BCUT2D eigenvalue weighted by atomic mass is 10.2. The van der Waals surface area contributed by atoms with Gasteiger partial charge in [-0.3, -0.25) is 0 Å². The van der Waals surface area contributed by atoms with E-state index >= 15 is 0 Å². The van der Waals surface area contributed by atoms with Crippen molar-refractivity contribution in [3.8, 4) is 5.75 Å². The number of halogens is 2. The summed E-state index contributed by atoms with van der Waals surface area (Å²) in [5.74, 6) is -1.51. The van der Waals surface area contributed by atoms with Gasteiger partial charge >= 0.3 is 5.97 Å². The third kappa shape index (κ3) is 3.95. The van der Waals surface area contributed by atoms with Crippen LogP contribution in [0.1, 0.15) is 22.8 Å². The Bertz CT molecular complexity index is 629. The fraction of sp³-hybridized carbons (Fsp3) is 0.188. The van der Waals surface area contributed by atoms with Gasteiger partial charge in [0.05, 0.1) is 6.61 Å². The summed E-state index contributed by atoms with van der Waals surface area (Å²) >= 11 is 5.78. The maximum absolute atomic E-state index is 14.0. The molecule has 0 unspecified atom stereocenters. The first kappa shape index (κ1) is 15.3. The van der Waals surface area contributed by atoms with Crippen molar-refractivity contribution in [1.29, 1.82) is 0 Å². The van der Waals surface area contributed by atoms with E-state index in [0.717, 1.165) is 11.6 Å². The Labute approximate surface area is 127 Å². The van der Waals surface area contributed by atoms with Gasteiger partial charge in [-0.05, 0) is 24.6 Å². The Morgan fingerprint density at radius 1 is 1.24 bits per heavy atom. The van der Waals surface area contributed by atoms with E-state index in [1.807, 2.05) is 30.3 Å². The monoisotopic (exact) mass is 308 g/mol. The van der Waals surface area contributed by atoms with Gasteiger partial charge in [0, 0.05) is 5.02 Å². The molecule has 2 aromatic carbocycles. The van der Waals surface area contributed by atoms with Gasteiger partial charge in [-0.15, -0.1) is 0 Å². The molecule has 110 valence electrons. The molecular formula is C16H14ClFO3. The van der Waals surface area contributed by atoms with Crippen LogP contribution in [0.3, 0.4) is 0 Å². The van der Waals surface area contributed by atoms with E-state index in [2.05, 4.69) is 0 Å². The Hall–Kier alpha value is -2.07. The predicted molar refractivity (Wildman–Crippen MR) is 78.1 cm³/mol. The summed E-state index contributed by atoms with van der Waals surface area (Å²) in [6.45, 7) is 2.00. The van der Waals surface area contributed by atoms with Crippen molar-refractivity contribution >= 4 is 17.6 Å². The van der Waals surface area contributed by atoms with Gasteiger partial charge in [-0.25, -0.2) is 9.18 Å². The van der Waals surface area contributed by atoms with Gasteiger partial charge in [-0.1, -0.05) is 41.9 Å². The molecule has 0 saturated heterocycles. The van der Waals surface area contributed by atoms with Gasteiger partial charge in [0.25, 0.3) is 0 Å². The van der Waals surface area contributed by atoms with Crippen molar-refractivity contribution in [1.82, 2.24) is 0 Å². The van der Waals surface area contributed by atoms with Crippen molar-refractivity contribution < 1.29 is 18.7 Å². The number of ether oxygens (including phenoxy) is 2. The summed E-state index contributed by atoms with van der Waals surface area (Å²) in [4.78, 5) is 11.9. The van der Waals surface area contributed by atoms with E-state index in [1.165, 1.54) is 6.07 Å². The highest BCUT2D eigenvalue weighted by Crippen LogP contribution is 2.28. The van der Waals surface area contributed by atoms with Gasteiger partial charge in [0.15, 0.2) is 11.6 Å². The minimum absolute atomic E-state index is 0.0159. The van der Waals surface area contributed by atoms with Crippen molar-refractivity contribution in [2.45, 2.75) is 13.5 Å². The van der Waals surface area contributed by atoms with Crippen molar-refractivity contribution in [3.63, 3.8) is 0 Å². The molecule has 3 nitrogen and oxygen atoms in total. The molecule has 0 heterocycles. The summed E-state index contributed by atoms with van der Waals surface area (Å²) in [7, 11) is 0. The molecule has 0 bridgehead atoms. The van der Waals surface area contributed by atoms with E-state index in [1.54, 1.807) is 6.92 Å². The molecule has 0 fully saturated rings. The second-order valence-corrected chi connectivity index (χ2v) is 4.70. The van der Waals surface area contributed by atoms with Gasteiger partial charge < -0.3 is 9.47 Å². The number of esters is 1. The van der Waals surface area contributed by atoms with Crippen LogP contribution in [-0.4, -0.2) is 12.6 Å². The predicted octanol–water partition coefficient (Wildman–Crippen LogP) is 4.23. The van der Waals surface area contributed by atoms with Gasteiger partial charge in [-0.2, -0.15) is 0 Å². The molecule has 0 atom stereocenters. The molecule has 0 N–H and O–H groups in total. The van der Waals surface area contributed by atoms with E-state index < -0.39 is 11.8 Å². The average molecular weight is 309 g/mol. The minimum Gasteiger partial charge on any atom is -0.485 e. The second-order valence-electron chi connectivity index (χ2n) is 4.26. The summed E-state index contributed by atoms with van der Waals surface area (Å²) in [6.07, 6.45) is 0. The normalized spacial score (nSPS) is 10.2. The average Bonchev–Trinajstić information content (AvgIpc) is 2.47. The Morgan fingerprint density at radius 3 is 2.62 bits per heavy atom. The zero-order valence-corrected chi connectivity index (χ0v) is 12.2. The van der Waals surface area contributed by atoms with Crippen LogP contribution in [0.15, 0.2) is 42.5 Å². The lowest BCUT2D eigenvalue weighted by Gasteiger charge is -2.12. The highest BCUT2D eigenvalue weighted by Gasteiger charge is 2.19. The Balaban J connectivity index is 2.26. The van der Waals surface area contributed by atoms with Gasteiger partial charge in [0.2, 0.25) is 0 Å². The van der Waals surface area contributed by atoms with Crippen LogP contribution in [0.2, 0.25) is 5.02 Å². The SMILES string of the molecule is CCOC(=O)c1cc(Cl)cc(F)c1OCc1ccccc1. The van der Waals surface area contributed by atoms with Crippen LogP contribution in [0, 0.1) is 5.82 Å². The molecule has 2 rings (SSSR count). The molecule has 5 heteroatoms. The first-order valence-corrected chi connectivity index (χ1v) is 6.82. The molecule has 0 aliphatic heterocycles. The summed E-state index contributed by atoms with van der Waals surface area (Å²) in [6, 6.07) is 11.7. The fourth-order valence-corrected chi connectivity index (χ4v) is 2.00. The van der Waals surface area contributed by atoms with E-state index in [-0.39, 0.29) is 29.5 Å². The number of carbonyl (C=O) groups is 1. The molecule has 0 spiro atoms. The van der Waals surface area contributed by atoms with Crippen LogP contribution in [0.4, 0.5) is 4.39 Å². The number of benzene rings is 2. The third-order valence-corrected chi connectivity index (χ3v) is 2.95. The first-order valence-electron chi connectivity index (χ1n) is 6.44. The maximum Gasteiger partial charge on any atom is 0.342 e. The van der Waals surface area contributed by atoms with E-state index in [4.69, 9.17) is 21.1 Å². The van der Waals surface area contributed by atoms with Crippen molar-refractivity contribution in [2.75, 3.05) is 6.61 Å². The molecule has 21 heavy (non-hydrogen) atoms. The van der Waals surface area contributed by atoms with Crippen molar-refractivity contribution in [2.24, 2.45) is 0 Å². The third-order valence-electron chi connectivity index (χ3n) is 2.73. The topological polar surface area (TPSA) is 35.5 Å². The maximum atomic E-state index is 14.0. The molecule has 2 aromatic rings. The van der Waals surface area contributed by atoms with Crippen LogP contribution < -0.4 is 4.74 Å². The molecule has 0 radical (unpaired) electrons. The van der Waals surface area contributed by atoms with Crippen LogP contribution >= 0.6 is 11.6 Å². The number of carbonyl (C=O) groups excluding carboxylic acids is 1. The van der Waals surface area contributed by atoms with E-state index in [0.29, 0.717) is 0 Å². The van der Waals surface area contributed by atoms with Gasteiger partial charge in [0.1, 0.15) is 12.2 Å². The lowest BCUT2D eigenvalue weighted by Crippen LogP contribution is -2.09. The summed E-state index contributed by atoms with van der Waals surface area (Å²) in [5, 5.41) is 0.114. The zero-order chi connectivity index (χ0) is 15.2. The van der Waals surface area contributed by atoms with Crippen LogP contribution in [0.5, 0.6) is 5.75 Å². The van der Waals surface area contributed by atoms with Crippen molar-refractivity contribution in [3.05, 3.63) is 64.4 Å². The molecule has 0 amide bonds. The van der Waals surface area contributed by atoms with Crippen LogP contribution in [0.25, 0.3) is 0 Å². The number of hydrogen-bond donors (Lipinski definition) is 0. The molecular weight excluding hydrogens is 295 g/mol. The molecule has 0 aliphatic rings. The zero-order valence-electron chi connectivity index (χ0n) is 11.4. The Morgan fingerprint density at radius 2 is 1.95 bits per heavy atom. The number of hydrogen-bond acceptors (Lipinski definition) is 3. The molecule has 0 aliphatic carbocycles. The largest absolute Gasteiger partial charge is 0.485 e. The first-order chi connectivity index (χ1) is 10.1. The lowest BCUT2D eigenvalue weighted by molar-refractivity contribution is 0.0520. The second kappa shape index (κ2) is 7.09. The highest BCUT2D eigenvalue weighted by atomic mass is 35.5. The van der Waals surface area contributed by atoms with E-state index in [9.17, 15) is 9.18 Å². The van der Waals surface area contributed by atoms with Crippen LogP contribution in [-0.2, 0) is 11.3 Å². The minimum atomic E-state index is -0.693. The molecule has 0 aromatic heterocycles.